The van der Waals surface area contributed by atoms with E-state index in [1.807, 2.05) is 6.92 Å². The van der Waals surface area contributed by atoms with Crippen LogP contribution in [0.4, 0.5) is 0 Å². The van der Waals surface area contributed by atoms with E-state index < -0.39 is 5.97 Å². The second kappa shape index (κ2) is 4.55. The average molecular weight is 225 g/mol. The fourth-order valence-corrected chi connectivity index (χ4v) is 3.05. The van der Waals surface area contributed by atoms with Crippen molar-refractivity contribution in [3.8, 4) is 0 Å². The molecule has 2 N–H and O–H groups in total. The fourth-order valence-electron chi connectivity index (χ4n) is 3.05. The van der Waals surface area contributed by atoms with Crippen LogP contribution in [0, 0.1) is 0 Å². The Morgan fingerprint density at radius 1 is 1.38 bits per heavy atom. The molecule has 2 aliphatic rings. The summed E-state index contributed by atoms with van der Waals surface area (Å²) in [5.41, 5.74) is 0.890. The molecule has 4 nitrogen and oxygen atoms in total. The molecule has 2 unspecified atom stereocenters. The van der Waals surface area contributed by atoms with Gasteiger partial charge in [0.15, 0.2) is 0 Å². The summed E-state index contributed by atoms with van der Waals surface area (Å²) in [4.78, 5) is 12.9. The summed E-state index contributed by atoms with van der Waals surface area (Å²) in [5.74, 6) is -0.873. The summed E-state index contributed by atoms with van der Waals surface area (Å²) in [6.07, 6.45) is 5.10. The molecule has 2 aliphatic heterocycles. The first-order valence-corrected chi connectivity index (χ1v) is 5.90. The maximum atomic E-state index is 10.5. The Labute approximate surface area is 95.6 Å². The lowest BCUT2D eigenvalue weighted by Gasteiger charge is -2.37. The van der Waals surface area contributed by atoms with Gasteiger partial charge in [0.1, 0.15) is 0 Å². The van der Waals surface area contributed by atoms with Crippen molar-refractivity contribution in [3.05, 3.63) is 11.6 Å². The van der Waals surface area contributed by atoms with Gasteiger partial charge in [0.25, 0.3) is 0 Å². The Morgan fingerprint density at radius 2 is 1.94 bits per heavy atom. The molecule has 16 heavy (non-hydrogen) atoms. The molecule has 2 atom stereocenters. The molecule has 2 rings (SSSR count). The van der Waals surface area contributed by atoms with E-state index in [9.17, 15) is 9.90 Å². The van der Waals surface area contributed by atoms with Crippen molar-refractivity contribution in [3.63, 3.8) is 0 Å². The molecule has 4 heteroatoms. The summed E-state index contributed by atoms with van der Waals surface area (Å²) < 4.78 is 0. The van der Waals surface area contributed by atoms with Crippen molar-refractivity contribution < 1.29 is 15.0 Å². The van der Waals surface area contributed by atoms with Crippen LogP contribution in [0.25, 0.3) is 0 Å². The van der Waals surface area contributed by atoms with E-state index in [0.717, 1.165) is 37.8 Å². The van der Waals surface area contributed by atoms with Crippen molar-refractivity contribution in [1.82, 2.24) is 4.90 Å². The van der Waals surface area contributed by atoms with Crippen molar-refractivity contribution >= 4 is 5.97 Å². The van der Waals surface area contributed by atoms with Gasteiger partial charge in [0.05, 0.1) is 6.10 Å². The first-order chi connectivity index (χ1) is 7.56. The van der Waals surface area contributed by atoms with E-state index >= 15 is 0 Å². The molecular weight excluding hydrogens is 206 g/mol. The van der Waals surface area contributed by atoms with E-state index in [1.54, 1.807) is 0 Å². The monoisotopic (exact) mass is 225 g/mol. The van der Waals surface area contributed by atoms with E-state index in [1.165, 1.54) is 6.08 Å². The number of piperidine rings is 1. The SMILES string of the molecule is CC(=CC(=O)O)CN1C2CCC1CC(O)C2. The van der Waals surface area contributed by atoms with Crippen molar-refractivity contribution in [1.29, 1.82) is 0 Å². The number of aliphatic hydroxyl groups is 1. The third-order valence-electron chi connectivity index (χ3n) is 3.66. The van der Waals surface area contributed by atoms with Gasteiger partial charge < -0.3 is 10.2 Å². The normalized spacial score (nSPS) is 35.4. The fraction of sp³-hybridized carbons (Fsp3) is 0.750. The predicted molar refractivity (Wildman–Crippen MR) is 60.1 cm³/mol. The lowest BCUT2D eigenvalue weighted by atomic mass is 9.99. The molecule has 0 saturated carbocycles. The van der Waals surface area contributed by atoms with Crippen LogP contribution < -0.4 is 0 Å². The second-order valence-corrected chi connectivity index (χ2v) is 5.01. The minimum absolute atomic E-state index is 0.155. The van der Waals surface area contributed by atoms with Crippen LogP contribution >= 0.6 is 0 Å². The molecule has 0 aromatic heterocycles. The van der Waals surface area contributed by atoms with Gasteiger partial charge in [-0.25, -0.2) is 4.79 Å². The molecule has 2 heterocycles. The highest BCUT2D eigenvalue weighted by Crippen LogP contribution is 2.35. The maximum absolute atomic E-state index is 10.5. The van der Waals surface area contributed by atoms with E-state index in [4.69, 9.17) is 5.11 Å². The lowest BCUT2D eigenvalue weighted by molar-refractivity contribution is -0.131. The highest BCUT2D eigenvalue weighted by atomic mass is 16.4. The number of nitrogens with zero attached hydrogens (tertiary/aromatic N) is 1. The molecule has 2 bridgehead atoms. The molecule has 0 radical (unpaired) electrons. The number of hydrogen-bond acceptors (Lipinski definition) is 3. The molecule has 2 saturated heterocycles. The number of carboxylic acids is 1. The van der Waals surface area contributed by atoms with Crippen LogP contribution in [-0.4, -0.2) is 45.8 Å². The standard InChI is InChI=1S/C12H19NO3/c1-8(4-12(15)16)7-13-9-2-3-10(13)6-11(14)5-9/h4,9-11,14H,2-3,5-7H2,1H3,(H,15,16). The zero-order chi connectivity index (χ0) is 11.7. The Hall–Kier alpha value is -0.870. The Balaban J connectivity index is 1.99. The summed E-state index contributed by atoms with van der Waals surface area (Å²) in [6.45, 7) is 2.59. The largest absolute Gasteiger partial charge is 0.478 e. The first kappa shape index (κ1) is 11.6. The van der Waals surface area contributed by atoms with Crippen LogP contribution in [0.15, 0.2) is 11.6 Å². The first-order valence-electron chi connectivity index (χ1n) is 5.90. The topological polar surface area (TPSA) is 60.8 Å². The molecule has 0 spiro atoms. The number of fused-ring (bicyclic) bond motifs is 2. The molecule has 0 aromatic rings. The number of carbonyl (C=O) groups is 1. The number of carboxylic acid groups (broad SMARTS) is 1. The van der Waals surface area contributed by atoms with E-state index in [2.05, 4.69) is 4.90 Å². The predicted octanol–water partition coefficient (Wildman–Crippen LogP) is 1.01. The Kier molecular flexibility index (Phi) is 3.30. The molecule has 0 amide bonds. The van der Waals surface area contributed by atoms with Crippen molar-refractivity contribution in [2.75, 3.05) is 6.54 Å². The van der Waals surface area contributed by atoms with Gasteiger partial charge in [0, 0.05) is 24.7 Å². The van der Waals surface area contributed by atoms with Gasteiger partial charge in [-0.1, -0.05) is 5.57 Å². The van der Waals surface area contributed by atoms with Gasteiger partial charge in [0.2, 0.25) is 0 Å². The van der Waals surface area contributed by atoms with E-state index in [0.29, 0.717) is 12.1 Å². The van der Waals surface area contributed by atoms with Crippen molar-refractivity contribution in [2.24, 2.45) is 0 Å². The van der Waals surface area contributed by atoms with Crippen LogP contribution in [0.2, 0.25) is 0 Å². The smallest absolute Gasteiger partial charge is 0.328 e. The van der Waals surface area contributed by atoms with Gasteiger partial charge in [-0.15, -0.1) is 0 Å². The Bertz CT molecular complexity index is 299. The number of rotatable bonds is 3. The number of aliphatic carboxylic acids is 1. The van der Waals surface area contributed by atoms with Gasteiger partial charge in [-0.3, -0.25) is 4.90 Å². The van der Waals surface area contributed by atoms with Crippen LogP contribution in [-0.2, 0) is 4.79 Å². The minimum Gasteiger partial charge on any atom is -0.478 e. The quantitative estimate of drug-likeness (QED) is 0.704. The van der Waals surface area contributed by atoms with E-state index in [-0.39, 0.29) is 6.10 Å². The Morgan fingerprint density at radius 3 is 2.44 bits per heavy atom. The highest BCUT2D eigenvalue weighted by molar-refractivity contribution is 5.80. The third kappa shape index (κ3) is 2.44. The average Bonchev–Trinajstić information content (AvgIpc) is 2.43. The third-order valence-corrected chi connectivity index (χ3v) is 3.66. The highest BCUT2D eigenvalue weighted by Gasteiger charge is 2.39. The molecule has 0 aliphatic carbocycles. The van der Waals surface area contributed by atoms with Crippen molar-refractivity contribution in [2.45, 2.75) is 50.8 Å². The molecular formula is C12H19NO3. The molecule has 0 aromatic carbocycles. The summed E-state index contributed by atoms with van der Waals surface area (Å²) in [6, 6.07) is 0.900. The summed E-state index contributed by atoms with van der Waals surface area (Å²) >= 11 is 0. The molecule has 90 valence electrons. The zero-order valence-corrected chi connectivity index (χ0v) is 9.59. The number of aliphatic hydroxyl groups excluding tert-OH is 1. The summed E-state index contributed by atoms with van der Waals surface area (Å²) in [7, 11) is 0. The van der Waals surface area contributed by atoms with Gasteiger partial charge in [-0.2, -0.15) is 0 Å². The second-order valence-electron chi connectivity index (χ2n) is 5.01. The van der Waals surface area contributed by atoms with Gasteiger partial charge in [-0.05, 0) is 32.6 Å². The number of hydrogen-bond donors (Lipinski definition) is 2. The maximum Gasteiger partial charge on any atom is 0.328 e. The van der Waals surface area contributed by atoms with Crippen LogP contribution in [0.3, 0.4) is 0 Å². The van der Waals surface area contributed by atoms with Crippen LogP contribution in [0.5, 0.6) is 0 Å². The lowest BCUT2D eigenvalue weighted by Crippen LogP contribution is -2.45. The zero-order valence-electron chi connectivity index (χ0n) is 9.59. The minimum atomic E-state index is -0.873. The van der Waals surface area contributed by atoms with Gasteiger partial charge >= 0.3 is 5.97 Å². The van der Waals surface area contributed by atoms with Crippen LogP contribution in [0.1, 0.15) is 32.6 Å². The summed E-state index contributed by atoms with van der Waals surface area (Å²) in [5, 5.41) is 18.3. The molecule has 2 fully saturated rings.